The first-order chi connectivity index (χ1) is 9.66. The van der Waals surface area contributed by atoms with E-state index in [1.54, 1.807) is 30.5 Å². The molecule has 0 unspecified atom stereocenters. The molecule has 3 rings (SSSR count). The molecule has 2 aromatic rings. The first-order valence-corrected chi connectivity index (χ1v) is 6.55. The van der Waals surface area contributed by atoms with Crippen LogP contribution in [0.25, 0.3) is 11.1 Å². The Balaban J connectivity index is 2.04. The van der Waals surface area contributed by atoms with Crippen LogP contribution in [0.5, 0.6) is 0 Å². The second kappa shape index (κ2) is 5.07. The van der Waals surface area contributed by atoms with Gasteiger partial charge in [0, 0.05) is 23.9 Å². The number of nitrogens with zero attached hydrogens (tertiary/aromatic N) is 2. The van der Waals surface area contributed by atoms with Crippen molar-refractivity contribution in [3.8, 4) is 11.1 Å². The first-order valence-electron chi connectivity index (χ1n) is 6.55. The predicted octanol–water partition coefficient (Wildman–Crippen LogP) is 3.02. The monoisotopic (exact) mass is 275 g/mol. The topological polar surface area (TPSA) is 42.1 Å². The standard InChI is InChI=1S/C15H15F2N3/c16-10-6-8-20(9-10)15-14(18)12(5-7-19-15)11-3-1-2-4-13(11)17/h1-5,7,10H,6,8-9,18H2/t10-/m0/s1. The van der Waals surface area contributed by atoms with Gasteiger partial charge in [0.2, 0.25) is 0 Å². The molecular formula is C15H15F2N3. The van der Waals surface area contributed by atoms with Crippen LogP contribution in [0, 0.1) is 5.82 Å². The molecule has 20 heavy (non-hydrogen) atoms. The van der Waals surface area contributed by atoms with Crippen LogP contribution in [0.15, 0.2) is 36.5 Å². The number of nitrogens with two attached hydrogens (primary N) is 1. The van der Waals surface area contributed by atoms with Gasteiger partial charge in [0.1, 0.15) is 12.0 Å². The molecule has 0 aliphatic carbocycles. The lowest BCUT2D eigenvalue weighted by molar-refractivity contribution is 0.364. The summed E-state index contributed by atoms with van der Waals surface area (Å²) >= 11 is 0. The predicted molar refractivity (Wildman–Crippen MR) is 75.8 cm³/mol. The van der Waals surface area contributed by atoms with Crippen LogP contribution in [-0.4, -0.2) is 24.2 Å². The van der Waals surface area contributed by atoms with Gasteiger partial charge in [-0.15, -0.1) is 0 Å². The lowest BCUT2D eigenvalue weighted by Crippen LogP contribution is -2.22. The maximum Gasteiger partial charge on any atom is 0.152 e. The highest BCUT2D eigenvalue weighted by Gasteiger charge is 2.25. The molecule has 0 saturated carbocycles. The zero-order chi connectivity index (χ0) is 14.1. The van der Waals surface area contributed by atoms with E-state index in [9.17, 15) is 8.78 Å². The van der Waals surface area contributed by atoms with Crippen molar-refractivity contribution in [1.29, 1.82) is 0 Å². The number of hydrogen-bond donors (Lipinski definition) is 1. The average molecular weight is 275 g/mol. The van der Waals surface area contributed by atoms with Crippen LogP contribution in [-0.2, 0) is 0 Å². The second-order valence-electron chi connectivity index (χ2n) is 4.91. The van der Waals surface area contributed by atoms with Gasteiger partial charge in [0.05, 0.1) is 12.2 Å². The Hall–Kier alpha value is -2.17. The highest BCUT2D eigenvalue weighted by Crippen LogP contribution is 2.34. The molecule has 3 nitrogen and oxygen atoms in total. The van der Waals surface area contributed by atoms with Crippen LogP contribution in [0.4, 0.5) is 20.3 Å². The van der Waals surface area contributed by atoms with Crippen molar-refractivity contribution in [3.05, 3.63) is 42.3 Å². The lowest BCUT2D eigenvalue weighted by Gasteiger charge is -2.20. The smallest absolute Gasteiger partial charge is 0.152 e. The number of rotatable bonds is 2. The van der Waals surface area contributed by atoms with Crippen molar-refractivity contribution < 1.29 is 8.78 Å². The minimum Gasteiger partial charge on any atom is -0.395 e. The molecule has 2 heterocycles. The van der Waals surface area contributed by atoms with E-state index in [2.05, 4.69) is 4.98 Å². The van der Waals surface area contributed by atoms with Gasteiger partial charge >= 0.3 is 0 Å². The molecular weight excluding hydrogens is 260 g/mol. The molecule has 0 bridgehead atoms. The van der Waals surface area contributed by atoms with E-state index < -0.39 is 6.17 Å². The number of halogens is 2. The van der Waals surface area contributed by atoms with E-state index in [0.717, 1.165) is 0 Å². The molecule has 1 atom stereocenters. The zero-order valence-electron chi connectivity index (χ0n) is 10.9. The van der Waals surface area contributed by atoms with E-state index in [1.165, 1.54) is 6.07 Å². The Kier molecular flexibility index (Phi) is 3.26. The van der Waals surface area contributed by atoms with E-state index >= 15 is 0 Å². The van der Waals surface area contributed by atoms with E-state index in [4.69, 9.17) is 5.73 Å². The summed E-state index contributed by atoms with van der Waals surface area (Å²) in [4.78, 5) is 6.03. The van der Waals surface area contributed by atoms with Crippen molar-refractivity contribution in [1.82, 2.24) is 4.98 Å². The summed E-state index contributed by atoms with van der Waals surface area (Å²) in [5.41, 5.74) is 7.54. The number of benzene rings is 1. The fourth-order valence-electron chi connectivity index (χ4n) is 2.54. The van der Waals surface area contributed by atoms with Crippen LogP contribution in [0.2, 0.25) is 0 Å². The Morgan fingerprint density at radius 2 is 2.00 bits per heavy atom. The fraction of sp³-hybridized carbons (Fsp3) is 0.267. The van der Waals surface area contributed by atoms with Gasteiger partial charge in [-0.1, -0.05) is 18.2 Å². The maximum absolute atomic E-state index is 13.9. The Morgan fingerprint density at radius 1 is 1.20 bits per heavy atom. The van der Waals surface area contributed by atoms with Gasteiger partial charge in [-0.05, 0) is 18.6 Å². The molecule has 5 heteroatoms. The van der Waals surface area contributed by atoms with Crippen molar-refractivity contribution in [2.75, 3.05) is 23.7 Å². The zero-order valence-corrected chi connectivity index (χ0v) is 10.9. The summed E-state index contributed by atoms with van der Waals surface area (Å²) < 4.78 is 27.2. The van der Waals surface area contributed by atoms with Crippen LogP contribution < -0.4 is 10.6 Å². The Bertz CT molecular complexity index is 630. The number of aromatic nitrogens is 1. The largest absolute Gasteiger partial charge is 0.395 e. The van der Waals surface area contributed by atoms with Gasteiger partial charge in [0.15, 0.2) is 5.82 Å². The molecule has 2 N–H and O–H groups in total. The van der Waals surface area contributed by atoms with Gasteiger partial charge in [-0.3, -0.25) is 0 Å². The first kappa shape index (κ1) is 12.8. The summed E-state index contributed by atoms with van der Waals surface area (Å²) in [7, 11) is 0. The molecule has 1 aliphatic rings. The summed E-state index contributed by atoms with van der Waals surface area (Å²) in [5.74, 6) is 0.201. The minimum absolute atomic E-state index is 0.290. The molecule has 1 saturated heterocycles. The van der Waals surface area contributed by atoms with E-state index in [1.807, 2.05) is 4.90 Å². The van der Waals surface area contributed by atoms with Crippen molar-refractivity contribution in [3.63, 3.8) is 0 Å². The van der Waals surface area contributed by atoms with Gasteiger partial charge in [-0.25, -0.2) is 13.8 Å². The molecule has 1 aromatic heterocycles. The highest BCUT2D eigenvalue weighted by molar-refractivity contribution is 5.84. The second-order valence-corrected chi connectivity index (χ2v) is 4.91. The molecule has 104 valence electrons. The quantitative estimate of drug-likeness (QED) is 0.916. The summed E-state index contributed by atoms with van der Waals surface area (Å²) in [6, 6.07) is 8.13. The third-order valence-corrected chi connectivity index (χ3v) is 3.56. The summed E-state index contributed by atoms with van der Waals surface area (Å²) in [6.45, 7) is 0.872. The van der Waals surface area contributed by atoms with Gasteiger partial charge in [-0.2, -0.15) is 0 Å². The number of alkyl halides is 1. The van der Waals surface area contributed by atoms with Gasteiger partial charge < -0.3 is 10.6 Å². The summed E-state index contributed by atoms with van der Waals surface area (Å²) in [6.07, 6.45) is 1.21. The number of pyridine rings is 1. The highest BCUT2D eigenvalue weighted by atomic mass is 19.1. The van der Waals surface area contributed by atoms with Crippen LogP contribution >= 0.6 is 0 Å². The number of anilines is 2. The third-order valence-electron chi connectivity index (χ3n) is 3.56. The number of hydrogen-bond acceptors (Lipinski definition) is 3. The van der Waals surface area contributed by atoms with Crippen molar-refractivity contribution in [2.24, 2.45) is 0 Å². The molecule has 0 radical (unpaired) electrons. The van der Waals surface area contributed by atoms with Crippen LogP contribution in [0.3, 0.4) is 0 Å². The van der Waals surface area contributed by atoms with Crippen molar-refractivity contribution >= 4 is 11.5 Å². The summed E-state index contributed by atoms with van der Waals surface area (Å²) in [5, 5.41) is 0. The Morgan fingerprint density at radius 3 is 2.70 bits per heavy atom. The number of nitrogen functional groups attached to an aromatic ring is 1. The third kappa shape index (κ3) is 2.19. The van der Waals surface area contributed by atoms with Crippen LogP contribution in [0.1, 0.15) is 6.42 Å². The van der Waals surface area contributed by atoms with Crippen molar-refractivity contribution in [2.45, 2.75) is 12.6 Å². The maximum atomic E-state index is 13.9. The Labute approximate surface area is 116 Å². The average Bonchev–Trinajstić information content (AvgIpc) is 2.86. The van der Waals surface area contributed by atoms with E-state index in [0.29, 0.717) is 35.6 Å². The molecule has 1 aromatic carbocycles. The molecule has 1 fully saturated rings. The normalized spacial score (nSPS) is 18.5. The molecule has 0 amide bonds. The SMILES string of the molecule is Nc1c(-c2ccccc2F)ccnc1N1CC[C@H](F)C1. The van der Waals surface area contributed by atoms with E-state index in [-0.39, 0.29) is 12.4 Å². The fourth-order valence-corrected chi connectivity index (χ4v) is 2.54. The van der Waals surface area contributed by atoms with Gasteiger partial charge in [0.25, 0.3) is 0 Å². The lowest BCUT2D eigenvalue weighted by atomic mass is 10.0. The molecule has 1 aliphatic heterocycles. The minimum atomic E-state index is -0.853. The molecule has 0 spiro atoms.